The number of methoxy groups -OCH3 is 1. The number of ether oxygens (including phenoxy) is 1. The predicted octanol–water partition coefficient (Wildman–Crippen LogP) is 1.53. The van der Waals surface area contributed by atoms with Crippen molar-refractivity contribution in [2.24, 2.45) is 13.0 Å². The lowest BCUT2D eigenvalue weighted by Gasteiger charge is -2.37. The largest absolute Gasteiger partial charge is 0.495 e. The van der Waals surface area contributed by atoms with Crippen molar-refractivity contribution in [3.63, 3.8) is 0 Å². The molecule has 1 aromatic carbocycles. The van der Waals surface area contributed by atoms with Gasteiger partial charge in [0, 0.05) is 18.8 Å². The predicted molar refractivity (Wildman–Crippen MR) is 92.7 cm³/mol. The fraction of sp³-hybridized carbons (Fsp3) is 0.471. The molecule has 2 N–H and O–H groups in total. The summed E-state index contributed by atoms with van der Waals surface area (Å²) >= 11 is 0. The highest BCUT2D eigenvalue weighted by Crippen LogP contribution is 2.39. The molecule has 1 aromatic heterocycles. The first kappa shape index (κ1) is 17.9. The molecule has 136 valence electrons. The number of aliphatic hydroxyl groups is 1. The average Bonchev–Trinajstić information content (AvgIpc) is 2.96. The van der Waals surface area contributed by atoms with Crippen LogP contribution in [0.15, 0.2) is 35.5 Å². The van der Waals surface area contributed by atoms with Crippen LogP contribution in [0.1, 0.15) is 30.0 Å². The van der Waals surface area contributed by atoms with E-state index in [0.29, 0.717) is 18.6 Å². The number of benzene rings is 1. The second-order valence-corrected chi connectivity index (χ2v) is 8.27. The van der Waals surface area contributed by atoms with Gasteiger partial charge >= 0.3 is 0 Å². The van der Waals surface area contributed by atoms with E-state index in [4.69, 9.17) is 4.74 Å². The first-order valence-corrected chi connectivity index (χ1v) is 9.62. The van der Waals surface area contributed by atoms with E-state index in [9.17, 15) is 13.5 Å². The van der Waals surface area contributed by atoms with E-state index in [2.05, 4.69) is 9.82 Å². The lowest BCUT2D eigenvalue weighted by atomic mass is 9.76. The van der Waals surface area contributed by atoms with Crippen molar-refractivity contribution in [1.82, 2.24) is 14.5 Å². The SMILES string of the molecule is COc1ccc(C)cc1S(=O)(=O)N[C@@H](c1cnn(C)c1)C1CC(O)C1. The molecule has 1 heterocycles. The molecule has 25 heavy (non-hydrogen) atoms. The average molecular weight is 365 g/mol. The van der Waals surface area contributed by atoms with Gasteiger partial charge < -0.3 is 9.84 Å². The fourth-order valence-electron chi connectivity index (χ4n) is 3.16. The van der Waals surface area contributed by atoms with Crippen LogP contribution in [0.5, 0.6) is 5.75 Å². The zero-order chi connectivity index (χ0) is 18.2. The van der Waals surface area contributed by atoms with Crippen molar-refractivity contribution in [3.8, 4) is 5.75 Å². The molecule has 1 fully saturated rings. The summed E-state index contributed by atoms with van der Waals surface area (Å²) in [6.07, 6.45) is 4.21. The minimum Gasteiger partial charge on any atom is -0.495 e. The zero-order valence-corrected chi connectivity index (χ0v) is 15.3. The van der Waals surface area contributed by atoms with Gasteiger partial charge in [-0.05, 0) is 43.4 Å². The molecule has 0 bridgehead atoms. The molecular formula is C17H23N3O4S. The Morgan fingerprint density at radius 2 is 2.12 bits per heavy atom. The van der Waals surface area contributed by atoms with E-state index in [0.717, 1.165) is 11.1 Å². The third-order valence-electron chi connectivity index (χ3n) is 4.60. The van der Waals surface area contributed by atoms with Crippen molar-refractivity contribution in [3.05, 3.63) is 41.7 Å². The summed E-state index contributed by atoms with van der Waals surface area (Å²) in [7, 11) is -0.561. The minimum absolute atomic E-state index is 0.0322. The van der Waals surface area contributed by atoms with Crippen molar-refractivity contribution in [1.29, 1.82) is 0 Å². The number of hydrogen-bond acceptors (Lipinski definition) is 5. The highest BCUT2D eigenvalue weighted by molar-refractivity contribution is 7.89. The zero-order valence-electron chi connectivity index (χ0n) is 14.5. The van der Waals surface area contributed by atoms with Gasteiger partial charge in [-0.3, -0.25) is 4.68 Å². The molecule has 0 aliphatic heterocycles. The Balaban J connectivity index is 1.94. The standard InChI is InChI=1S/C17H23N3O4S/c1-11-4-5-15(24-3)16(6-11)25(22,23)19-17(12-7-14(21)8-12)13-9-18-20(2)10-13/h4-6,9-10,12,14,17,19,21H,7-8H2,1-3H3/t12?,14?,17-/m1/s1. The molecule has 1 atom stereocenters. The van der Waals surface area contributed by atoms with Gasteiger partial charge in [-0.15, -0.1) is 0 Å². The van der Waals surface area contributed by atoms with Crippen molar-refractivity contribution in [2.45, 2.75) is 36.8 Å². The Kier molecular flexibility index (Phi) is 4.86. The van der Waals surface area contributed by atoms with Crippen LogP contribution in [0.4, 0.5) is 0 Å². The highest BCUT2D eigenvalue weighted by Gasteiger charge is 2.38. The van der Waals surface area contributed by atoms with E-state index in [1.807, 2.05) is 6.92 Å². The Bertz CT molecular complexity index is 857. The summed E-state index contributed by atoms with van der Waals surface area (Å²) in [4.78, 5) is 0.115. The van der Waals surface area contributed by atoms with E-state index in [-0.39, 0.29) is 16.9 Å². The Morgan fingerprint density at radius 3 is 2.68 bits per heavy atom. The van der Waals surface area contributed by atoms with Gasteiger partial charge in [-0.1, -0.05) is 6.07 Å². The third-order valence-corrected chi connectivity index (χ3v) is 6.06. The number of rotatable bonds is 6. The topological polar surface area (TPSA) is 93.5 Å². The number of nitrogens with one attached hydrogen (secondary N) is 1. The molecule has 0 radical (unpaired) electrons. The molecule has 2 aromatic rings. The molecule has 1 aliphatic rings. The van der Waals surface area contributed by atoms with Gasteiger partial charge in [0.1, 0.15) is 10.6 Å². The van der Waals surface area contributed by atoms with E-state index >= 15 is 0 Å². The van der Waals surface area contributed by atoms with E-state index < -0.39 is 16.1 Å². The number of sulfonamides is 1. The molecule has 0 unspecified atom stereocenters. The second-order valence-electron chi connectivity index (χ2n) is 6.59. The van der Waals surface area contributed by atoms with Crippen molar-refractivity contribution in [2.75, 3.05) is 7.11 Å². The lowest BCUT2D eigenvalue weighted by molar-refractivity contribution is 0.0280. The second kappa shape index (κ2) is 6.78. The van der Waals surface area contributed by atoms with Crippen LogP contribution in [-0.2, 0) is 17.1 Å². The van der Waals surface area contributed by atoms with Crippen molar-refractivity contribution >= 4 is 10.0 Å². The molecule has 3 rings (SSSR count). The first-order valence-electron chi connectivity index (χ1n) is 8.13. The maximum atomic E-state index is 13.0. The Morgan fingerprint density at radius 1 is 1.40 bits per heavy atom. The van der Waals surface area contributed by atoms with Gasteiger partial charge in [-0.25, -0.2) is 13.1 Å². The minimum atomic E-state index is -3.80. The molecule has 1 saturated carbocycles. The summed E-state index contributed by atoms with van der Waals surface area (Å²) in [5, 5.41) is 13.8. The van der Waals surface area contributed by atoms with Gasteiger partial charge in [0.25, 0.3) is 0 Å². The Hall–Kier alpha value is -1.90. The van der Waals surface area contributed by atoms with Gasteiger partial charge in [0.05, 0.1) is 25.5 Å². The van der Waals surface area contributed by atoms with E-state index in [1.165, 1.54) is 7.11 Å². The monoisotopic (exact) mass is 365 g/mol. The highest BCUT2D eigenvalue weighted by atomic mass is 32.2. The van der Waals surface area contributed by atoms with Gasteiger partial charge in [0.2, 0.25) is 10.0 Å². The molecule has 7 nitrogen and oxygen atoms in total. The number of hydrogen-bond donors (Lipinski definition) is 2. The molecule has 8 heteroatoms. The summed E-state index contributed by atoms with van der Waals surface area (Å²) < 4.78 is 35.6. The normalized spacial score (nSPS) is 21.6. The Labute approximate surface area is 147 Å². The molecule has 1 aliphatic carbocycles. The molecule has 0 spiro atoms. The fourth-order valence-corrected chi connectivity index (χ4v) is 4.71. The lowest BCUT2D eigenvalue weighted by Crippen LogP contribution is -2.41. The summed E-state index contributed by atoms with van der Waals surface area (Å²) in [6.45, 7) is 1.83. The first-order chi connectivity index (χ1) is 11.8. The summed E-state index contributed by atoms with van der Waals surface area (Å²) in [5.74, 6) is 0.335. The van der Waals surface area contributed by atoms with E-state index in [1.54, 1.807) is 42.3 Å². The van der Waals surface area contributed by atoms with Gasteiger partial charge in [0.15, 0.2) is 0 Å². The third kappa shape index (κ3) is 3.70. The summed E-state index contributed by atoms with van der Waals surface area (Å²) in [6, 6.07) is 4.61. The van der Waals surface area contributed by atoms with Crippen LogP contribution in [0.3, 0.4) is 0 Å². The number of aliphatic hydroxyl groups excluding tert-OH is 1. The van der Waals surface area contributed by atoms with Gasteiger partial charge in [-0.2, -0.15) is 5.10 Å². The smallest absolute Gasteiger partial charge is 0.244 e. The molecular weight excluding hydrogens is 342 g/mol. The van der Waals surface area contributed by atoms with Crippen LogP contribution in [0.2, 0.25) is 0 Å². The molecule has 0 saturated heterocycles. The van der Waals surface area contributed by atoms with Crippen LogP contribution in [0.25, 0.3) is 0 Å². The summed E-state index contributed by atoms with van der Waals surface area (Å²) in [5.41, 5.74) is 1.62. The maximum Gasteiger partial charge on any atom is 0.244 e. The van der Waals surface area contributed by atoms with Crippen molar-refractivity contribution < 1.29 is 18.3 Å². The van der Waals surface area contributed by atoms with Crippen LogP contribution >= 0.6 is 0 Å². The van der Waals surface area contributed by atoms with Crippen LogP contribution < -0.4 is 9.46 Å². The number of aryl methyl sites for hydroxylation is 2. The van der Waals surface area contributed by atoms with Crippen LogP contribution in [0, 0.1) is 12.8 Å². The molecule has 0 amide bonds. The maximum absolute atomic E-state index is 13.0. The number of nitrogens with zero attached hydrogens (tertiary/aromatic N) is 2. The van der Waals surface area contributed by atoms with Crippen LogP contribution in [-0.4, -0.2) is 36.5 Å². The number of aromatic nitrogens is 2. The quantitative estimate of drug-likeness (QED) is 0.810.